The van der Waals surface area contributed by atoms with Gasteiger partial charge in [0.25, 0.3) is 0 Å². The summed E-state index contributed by atoms with van der Waals surface area (Å²) in [6, 6.07) is 6.81. The van der Waals surface area contributed by atoms with E-state index in [-0.39, 0.29) is 5.22 Å². The molecule has 2 aromatic rings. The number of hydrogen-bond acceptors (Lipinski definition) is 2. The van der Waals surface area contributed by atoms with Gasteiger partial charge in [0, 0.05) is 11.6 Å². The highest BCUT2D eigenvalue weighted by molar-refractivity contribution is 6.42. The number of hydrogen-bond donors (Lipinski definition) is 0. The van der Waals surface area contributed by atoms with Gasteiger partial charge in [-0.25, -0.2) is 0 Å². The zero-order valence-electron chi connectivity index (χ0n) is 6.80. The van der Waals surface area contributed by atoms with E-state index >= 15 is 0 Å². The van der Waals surface area contributed by atoms with Crippen LogP contribution < -0.4 is 0 Å². The van der Waals surface area contributed by atoms with E-state index in [0.29, 0.717) is 15.7 Å². The van der Waals surface area contributed by atoms with Crippen LogP contribution in [0.25, 0.3) is 11.3 Å². The zero-order chi connectivity index (χ0) is 10.1. The maximum Gasteiger partial charge on any atom is 0.226 e. The summed E-state index contributed by atoms with van der Waals surface area (Å²) in [5.41, 5.74) is 1.45. The molecule has 0 amide bonds. The molecule has 0 saturated heterocycles. The lowest BCUT2D eigenvalue weighted by Gasteiger charge is -1.97. The van der Waals surface area contributed by atoms with Crippen molar-refractivity contribution in [2.75, 3.05) is 0 Å². The molecule has 0 fully saturated rings. The van der Waals surface area contributed by atoms with Crippen molar-refractivity contribution in [1.29, 1.82) is 0 Å². The minimum Gasteiger partial charge on any atom is -0.344 e. The normalized spacial score (nSPS) is 10.5. The van der Waals surface area contributed by atoms with Crippen molar-refractivity contribution in [2.24, 2.45) is 0 Å². The Morgan fingerprint density at radius 2 is 1.79 bits per heavy atom. The van der Waals surface area contributed by atoms with Crippen molar-refractivity contribution in [3.05, 3.63) is 39.5 Å². The van der Waals surface area contributed by atoms with Crippen LogP contribution >= 0.6 is 34.8 Å². The van der Waals surface area contributed by atoms with Gasteiger partial charge in [0.1, 0.15) is 5.69 Å². The average molecular weight is 248 g/mol. The topological polar surface area (TPSA) is 26.0 Å². The quantitative estimate of drug-likeness (QED) is 0.752. The fourth-order valence-electron chi connectivity index (χ4n) is 1.04. The number of halogens is 3. The average Bonchev–Trinajstić information content (AvgIpc) is 2.57. The summed E-state index contributed by atoms with van der Waals surface area (Å²) >= 11 is 17.2. The van der Waals surface area contributed by atoms with Gasteiger partial charge < -0.3 is 4.52 Å². The van der Waals surface area contributed by atoms with Crippen LogP contribution in [-0.2, 0) is 0 Å². The monoisotopic (exact) mass is 247 g/mol. The van der Waals surface area contributed by atoms with E-state index in [9.17, 15) is 0 Å². The summed E-state index contributed by atoms with van der Waals surface area (Å²) in [6.45, 7) is 0. The molecule has 72 valence electrons. The fourth-order valence-corrected chi connectivity index (χ4v) is 1.48. The first-order valence-corrected chi connectivity index (χ1v) is 4.88. The third-order valence-electron chi connectivity index (χ3n) is 1.70. The van der Waals surface area contributed by atoms with Crippen LogP contribution in [0.3, 0.4) is 0 Å². The second kappa shape index (κ2) is 3.81. The SMILES string of the molecule is Clc1cc(-c2ccc(Cl)c(Cl)c2)no1. The Morgan fingerprint density at radius 3 is 2.36 bits per heavy atom. The Balaban J connectivity index is 2.47. The van der Waals surface area contributed by atoms with E-state index in [1.54, 1.807) is 24.3 Å². The molecule has 0 unspecified atom stereocenters. The van der Waals surface area contributed by atoms with Crippen molar-refractivity contribution < 1.29 is 4.52 Å². The van der Waals surface area contributed by atoms with Crippen LogP contribution in [0, 0.1) is 0 Å². The summed E-state index contributed by atoms with van der Waals surface area (Å²) < 4.78 is 4.73. The van der Waals surface area contributed by atoms with Gasteiger partial charge in [0.2, 0.25) is 5.22 Å². The largest absolute Gasteiger partial charge is 0.344 e. The summed E-state index contributed by atoms with van der Waals surface area (Å²) in [4.78, 5) is 0. The predicted octanol–water partition coefficient (Wildman–Crippen LogP) is 4.30. The van der Waals surface area contributed by atoms with Gasteiger partial charge in [0.05, 0.1) is 10.0 Å². The molecule has 14 heavy (non-hydrogen) atoms. The third kappa shape index (κ3) is 1.87. The molecule has 0 bridgehead atoms. The lowest BCUT2D eigenvalue weighted by atomic mass is 10.2. The first kappa shape index (κ1) is 9.84. The molecule has 1 aromatic carbocycles. The third-order valence-corrected chi connectivity index (χ3v) is 2.61. The van der Waals surface area contributed by atoms with E-state index in [2.05, 4.69) is 5.16 Å². The van der Waals surface area contributed by atoms with Gasteiger partial charge in [-0.15, -0.1) is 0 Å². The molecule has 0 radical (unpaired) electrons. The van der Waals surface area contributed by atoms with E-state index in [1.807, 2.05) is 0 Å². The molecule has 0 aliphatic heterocycles. The highest BCUT2D eigenvalue weighted by atomic mass is 35.5. The molecule has 0 atom stereocenters. The molecule has 1 heterocycles. The van der Waals surface area contributed by atoms with Gasteiger partial charge in [-0.3, -0.25) is 0 Å². The smallest absolute Gasteiger partial charge is 0.226 e. The van der Waals surface area contributed by atoms with Gasteiger partial charge >= 0.3 is 0 Å². The van der Waals surface area contributed by atoms with Crippen LogP contribution in [0.5, 0.6) is 0 Å². The van der Waals surface area contributed by atoms with E-state index < -0.39 is 0 Å². The maximum absolute atomic E-state index is 5.85. The highest BCUT2D eigenvalue weighted by Gasteiger charge is 2.06. The predicted molar refractivity (Wildman–Crippen MR) is 57.0 cm³/mol. The van der Waals surface area contributed by atoms with Crippen LogP contribution in [0.4, 0.5) is 0 Å². The van der Waals surface area contributed by atoms with Gasteiger partial charge in [-0.1, -0.05) is 34.4 Å². The molecule has 0 saturated carbocycles. The molecular weight excluding hydrogens is 244 g/mol. The lowest BCUT2D eigenvalue weighted by molar-refractivity contribution is 0.424. The van der Waals surface area contributed by atoms with Crippen molar-refractivity contribution in [1.82, 2.24) is 5.16 Å². The van der Waals surface area contributed by atoms with Crippen molar-refractivity contribution in [3.63, 3.8) is 0 Å². The number of benzene rings is 1. The summed E-state index contributed by atoms with van der Waals surface area (Å²) in [5, 5.41) is 4.97. The number of nitrogens with zero attached hydrogens (tertiary/aromatic N) is 1. The van der Waals surface area contributed by atoms with Crippen molar-refractivity contribution in [3.8, 4) is 11.3 Å². The Bertz CT molecular complexity index is 467. The molecule has 5 heteroatoms. The molecule has 2 nitrogen and oxygen atoms in total. The van der Waals surface area contributed by atoms with Gasteiger partial charge in [-0.05, 0) is 23.7 Å². The van der Waals surface area contributed by atoms with E-state index in [0.717, 1.165) is 5.56 Å². The summed E-state index contributed by atoms with van der Waals surface area (Å²) in [6.07, 6.45) is 0. The molecule has 0 N–H and O–H groups in total. The minimum absolute atomic E-state index is 0.242. The first-order valence-electron chi connectivity index (χ1n) is 3.74. The van der Waals surface area contributed by atoms with Crippen LogP contribution in [0.1, 0.15) is 0 Å². The van der Waals surface area contributed by atoms with Crippen LogP contribution in [0.2, 0.25) is 15.3 Å². The van der Waals surface area contributed by atoms with Crippen LogP contribution in [0.15, 0.2) is 28.8 Å². The molecular formula is C9H4Cl3NO. The van der Waals surface area contributed by atoms with Crippen molar-refractivity contribution in [2.45, 2.75) is 0 Å². The zero-order valence-corrected chi connectivity index (χ0v) is 9.07. The second-order valence-corrected chi connectivity index (χ2v) is 3.83. The van der Waals surface area contributed by atoms with E-state index in [1.165, 1.54) is 0 Å². The summed E-state index contributed by atoms with van der Waals surface area (Å²) in [5.74, 6) is 0. The Labute approximate surface area is 95.4 Å². The van der Waals surface area contributed by atoms with Crippen molar-refractivity contribution >= 4 is 34.8 Å². The van der Waals surface area contributed by atoms with E-state index in [4.69, 9.17) is 39.3 Å². The molecule has 0 aliphatic carbocycles. The minimum atomic E-state index is 0.242. The first-order chi connectivity index (χ1) is 6.66. The number of aromatic nitrogens is 1. The maximum atomic E-state index is 5.85. The van der Waals surface area contributed by atoms with Gasteiger partial charge in [-0.2, -0.15) is 0 Å². The molecule has 1 aromatic heterocycles. The fraction of sp³-hybridized carbons (Fsp3) is 0. The summed E-state index contributed by atoms with van der Waals surface area (Å²) in [7, 11) is 0. The Morgan fingerprint density at radius 1 is 1.00 bits per heavy atom. The molecule has 0 spiro atoms. The lowest BCUT2D eigenvalue weighted by Crippen LogP contribution is -1.77. The Kier molecular flexibility index (Phi) is 2.68. The van der Waals surface area contributed by atoms with Crippen LogP contribution in [-0.4, -0.2) is 5.16 Å². The highest BCUT2D eigenvalue weighted by Crippen LogP contribution is 2.28. The van der Waals surface area contributed by atoms with Gasteiger partial charge in [0.15, 0.2) is 0 Å². The molecule has 0 aliphatic rings. The number of rotatable bonds is 1. The second-order valence-electron chi connectivity index (χ2n) is 2.65. The standard InChI is InChI=1S/C9H4Cl3NO/c10-6-2-1-5(3-7(6)11)8-4-9(12)14-13-8/h1-4H. The molecule has 2 rings (SSSR count). The Hall–Kier alpha value is -0.700.